The summed E-state index contributed by atoms with van der Waals surface area (Å²) in [7, 11) is 0. The van der Waals surface area contributed by atoms with Crippen LogP contribution in [-0.4, -0.2) is 13.7 Å². The van der Waals surface area contributed by atoms with Crippen molar-refractivity contribution < 1.29 is 0 Å². The van der Waals surface area contributed by atoms with Crippen LogP contribution in [0.25, 0.3) is 93.0 Å². The Morgan fingerprint density at radius 1 is 0.226 bits per heavy atom. The Kier molecular flexibility index (Phi) is 6.55. The Hall–Kier alpha value is -7.10. The zero-order chi connectivity index (χ0) is 34.9. The lowest BCUT2D eigenvalue weighted by atomic mass is 9.93. The summed E-state index contributed by atoms with van der Waals surface area (Å²) in [6.07, 6.45) is 4.38. The lowest BCUT2D eigenvalue weighted by Gasteiger charge is -2.19. The molecule has 0 aliphatic rings. The van der Waals surface area contributed by atoms with Gasteiger partial charge in [0.2, 0.25) is 0 Å². The van der Waals surface area contributed by atoms with E-state index in [1.165, 1.54) is 64.9 Å². The fourth-order valence-electron chi connectivity index (χ4n) is 8.57. The molecule has 0 spiro atoms. The van der Waals surface area contributed by atoms with Crippen LogP contribution < -0.4 is 0 Å². The number of nitrogens with zero attached hydrogens (tertiary/aromatic N) is 3. The van der Waals surface area contributed by atoms with Crippen molar-refractivity contribution in [3.63, 3.8) is 0 Å². The molecule has 0 amide bonds. The Bertz CT molecular complexity index is 3220. The molecular formula is C50H33N3. The number of benzene rings is 8. The molecule has 2 aromatic heterocycles. The third kappa shape index (κ3) is 4.54. The summed E-state index contributed by atoms with van der Waals surface area (Å²) in [6.45, 7) is 0. The fourth-order valence-corrected chi connectivity index (χ4v) is 8.57. The first kappa shape index (κ1) is 29.6. The molecule has 9 aromatic carbocycles. The molecule has 0 saturated heterocycles. The molecule has 11 aromatic rings. The van der Waals surface area contributed by atoms with E-state index in [1.807, 2.05) is 0 Å². The smallest absolute Gasteiger partial charge is 0.0703 e. The molecule has 0 fully saturated rings. The maximum Gasteiger partial charge on any atom is 0.0703 e. The Morgan fingerprint density at radius 3 is 1.06 bits per heavy atom. The van der Waals surface area contributed by atoms with Gasteiger partial charge in [-0.2, -0.15) is 0 Å². The van der Waals surface area contributed by atoms with Crippen LogP contribution in [0.5, 0.6) is 0 Å². The van der Waals surface area contributed by atoms with Crippen LogP contribution >= 0.6 is 0 Å². The first-order chi connectivity index (χ1) is 26.3. The number of rotatable bonds is 3. The summed E-state index contributed by atoms with van der Waals surface area (Å²) in [6, 6.07) is 68.5. The topological polar surface area (TPSA) is 14.8 Å². The Morgan fingerprint density at radius 2 is 0.585 bits per heavy atom. The predicted octanol–water partition coefficient (Wildman–Crippen LogP) is 13.3. The van der Waals surface area contributed by atoms with Crippen molar-refractivity contribution in [3.8, 4) is 17.1 Å². The summed E-state index contributed by atoms with van der Waals surface area (Å²) in [5.41, 5.74) is 8.07. The van der Waals surface area contributed by atoms with Crippen LogP contribution in [-0.2, 0) is 0 Å². The first-order valence-corrected chi connectivity index (χ1v) is 18.2. The Balaban J connectivity index is 1.35. The van der Waals surface area contributed by atoms with Crippen molar-refractivity contribution in [2.75, 3.05) is 0 Å². The number of aromatic nitrogens is 3. The molecule has 0 aliphatic carbocycles. The van der Waals surface area contributed by atoms with Gasteiger partial charge in [0.1, 0.15) is 0 Å². The van der Waals surface area contributed by atoms with Crippen molar-refractivity contribution in [1.29, 1.82) is 0 Å². The molecule has 0 bridgehead atoms. The summed E-state index contributed by atoms with van der Waals surface area (Å²) >= 11 is 0. The molecule has 11 rings (SSSR count). The first-order valence-electron chi connectivity index (χ1n) is 18.2. The van der Waals surface area contributed by atoms with Gasteiger partial charge in [0.15, 0.2) is 0 Å². The third-order valence-corrected chi connectivity index (χ3v) is 10.9. The van der Waals surface area contributed by atoms with Crippen molar-refractivity contribution in [1.82, 2.24) is 13.7 Å². The zero-order valence-corrected chi connectivity index (χ0v) is 28.9. The van der Waals surface area contributed by atoms with Gasteiger partial charge in [-0.1, -0.05) is 127 Å². The largest absolute Gasteiger partial charge is 0.314 e. The maximum absolute atomic E-state index is 2.42. The van der Waals surface area contributed by atoms with E-state index in [0.29, 0.717) is 0 Å². The van der Waals surface area contributed by atoms with Crippen molar-refractivity contribution in [2.45, 2.75) is 0 Å². The van der Waals surface area contributed by atoms with Gasteiger partial charge in [0.05, 0.1) is 22.1 Å². The van der Waals surface area contributed by atoms with E-state index in [-0.39, 0.29) is 0 Å². The van der Waals surface area contributed by atoms with Gasteiger partial charge in [-0.3, -0.25) is 0 Å². The van der Waals surface area contributed by atoms with Crippen molar-refractivity contribution in [2.24, 2.45) is 0 Å². The molecule has 2 heterocycles. The average Bonchev–Trinajstić information content (AvgIpc) is 3.57. The molecule has 0 radical (unpaired) electrons. The van der Waals surface area contributed by atoms with Crippen LogP contribution in [0.4, 0.5) is 0 Å². The van der Waals surface area contributed by atoms with E-state index in [1.54, 1.807) is 0 Å². The second-order valence-electron chi connectivity index (χ2n) is 13.8. The normalized spacial score (nSPS) is 11.8. The molecule has 0 saturated carbocycles. The summed E-state index contributed by atoms with van der Waals surface area (Å²) in [5.74, 6) is 0. The maximum atomic E-state index is 2.42. The summed E-state index contributed by atoms with van der Waals surface area (Å²) in [4.78, 5) is 0. The molecule has 0 N–H and O–H groups in total. The quantitative estimate of drug-likeness (QED) is 0.177. The standard InChI is InChI=1S/C50H33N3/c1-3-15-34(16-4-1)51-29-30-52(35-17-5-2-6-18-35)50-33-46-41-28-27-36(53-47-25-13-11-23-42(47)43-24-12-14-26-48(43)53)31-44(41)39-21-9-7-19-37(39)38-20-8-10-22-40(38)45(46)32-49(50)51/h1-33H. The minimum Gasteiger partial charge on any atom is -0.314 e. The van der Waals surface area contributed by atoms with Crippen LogP contribution in [0.2, 0.25) is 0 Å². The second kappa shape index (κ2) is 11.7. The Labute approximate surface area is 306 Å². The number of hydrogen-bond donors (Lipinski definition) is 0. The molecule has 53 heavy (non-hydrogen) atoms. The van der Waals surface area contributed by atoms with Crippen LogP contribution in [0.15, 0.2) is 200 Å². The van der Waals surface area contributed by atoms with E-state index in [9.17, 15) is 0 Å². The minimum absolute atomic E-state index is 1.12. The van der Waals surface area contributed by atoms with E-state index < -0.39 is 0 Å². The van der Waals surface area contributed by atoms with Gasteiger partial charge >= 0.3 is 0 Å². The second-order valence-corrected chi connectivity index (χ2v) is 13.8. The molecule has 0 atom stereocenters. The summed E-state index contributed by atoms with van der Waals surface area (Å²) < 4.78 is 7.06. The number of hydrogen-bond acceptors (Lipinski definition) is 0. The van der Waals surface area contributed by atoms with Crippen molar-refractivity contribution >= 4 is 75.9 Å². The minimum atomic E-state index is 1.12. The zero-order valence-electron chi connectivity index (χ0n) is 28.9. The van der Waals surface area contributed by atoms with E-state index >= 15 is 0 Å². The van der Waals surface area contributed by atoms with Crippen LogP contribution in [0.3, 0.4) is 0 Å². The van der Waals surface area contributed by atoms with Gasteiger partial charge in [-0.05, 0) is 104 Å². The molecule has 0 unspecified atom stereocenters. The summed E-state index contributed by atoms with van der Waals surface area (Å²) in [5, 5.41) is 12.3. The van der Waals surface area contributed by atoms with Gasteiger partial charge in [0, 0.05) is 40.2 Å². The predicted molar refractivity (Wildman–Crippen MR) is 225 cm³/mol. The molecular weight excluding hydrogens is 643 g/mol. The molecule has 0 aliphatic heterocycles. The highest BCUT2D eigenvalue weighted by atomic mass is 15.0. The lowest BCUT2D eigenvalue weighted by Crippen LogP contribution is -2.04. The van der Waals surface area contributed by atoms with Gasteiger partial charge in [0.25, 0.3) is 0 Å². The molecule has 248 valence electrons. The van der Waals surface area contributed by atoms with E-state index in [0.717, 1.165) is 28.1 Å². The average molecular weight is 676 g/mol. The lowest BCUT2D eigenvalue weighted by molar-refractivity contribution is 1.01. The van der Waals surface area contributed by atoms with E-state index in [4.69, 9.17) is 0 Å². The highest BCUT2D eigenvalue weighted by Gasteiger charge is 2.16. The third-order valence-electron chi connectivity index (χ3n) is 10.9. The van der Waals surface area contributed by atoms with Gasteiger partial charge in [-0.25, -0.2) is 0 Å². The SMILES string of the molecule is c1ccc(-n2ccn(-c3ccccc3)c3cc4c5ccc(-n6c7ccccc7c7ccccc76)cc5c5ccccc5c5ccccc5c4cc32)cc1. The fraction of sp³-hybridized carbons (Fsp3) is 0. The monoisotopic (exact) mass is 675 g/mol. The van der Waals surface area contributed by atoms with Gasteiger partial charge < -0.3 is 13.7 Å². The van der Waals surface area contributed by atoms with Crippen molar-refractivity contribution in [3.05, 3.63) is 200 Å². The van der Waals surface area contributed by atoms with E-state index in [2.05, 4.69) is 214 Å². The number of para-hydroxylation sites is 4. The molecule has 3 heteroatoms. The molecule has 3 nitrogen and oxygen atoms in total. The van der Waals surface area contributed by atoms with Crippen LogP contribution in [0, 0.1) is 0 Å². The highest BCUT2D eigenvalue weighted by Crippen LogP contribution is 2.40. The van der Waals surface area contributed by atoms with Crippen LogP contribution in [0.1, 0.15) is 0 Å². The van der Waals surface area contributed by atoms with Gasteiger partial charge in [-0.15, -0.1) is 0 Å². The highest BCUT2D eigenvalue weighted by molar-refractivity contribution is 6.27. The number of fused-ring (bicyclic) bond motifs is 12.